The first-order chi connectivity index (χ1) is 7.61. The minimum atomic E-state index is -1.37. The Morgan fingerprint density at radius 1 is 0.938 bits per heavy atom. The Kier molecular flexibility index (Phi) is 3.11. The highest BCUT2D eigenvalue weighted by Gasteiger charge is 2.40. The highest BCUT2D eigenvalue weighted by atomic mass is 16.4. The minimum Gasteiger partial charge on any atom is -0.388 e. The van der Waals surface area contributed by atoms with Crippen molar-refractivity contribution in [2.75, 3.05) is 11.4 Å². The number of benzene rings is 1. The molecule has 1 fully saturated rings. The molecule has 88 valence electrons. The van der Waals surface area contributed by atoms with Crippen molar-refractivity contribution in [3.63, 3.8) is 0 Å². The number of hydrogen-bond donors (Lipinski definition) is 4. The molecule has 1 unspecified atom stereocenters. The van der Waals surface area contributed by atoms with Gasteiger partial charge in [0.2, 0.25) is 0 Å². The van der Waals surface area contributed by atoms with Crippen molar-refractivity contribution in [2.45, 2.75) is 24.5 Å². The van der Waals surface area contributed by atoms with Gasteiger partial charge in [0.1, 0.15) is 18.3 Å². The number of aliphatic hydroxyl groups excluding tert-OH is 4. The van der Waals surface area contributed by atoms with Crippen LogP contribution in [0.3, 0.4) is 0 Å². The maximum absolute atomic E-state index is 9.78. The molecule has 1 aromatic carbocycles. The van der Waals surface area contributed by atoms with Crippen molar-refractivity contribution >= 4 is 5.69 Å². The molecule has 0 radical (unpaired) electrons. The maximum atomic E-state index is 9.78. The zero-order valence-electron chi connectivity index (χ0n) is 8.64. The summed E-state index contributed by atoms with van der Waals surface area (Å²) < 4.78 is 0. The van der Waals surface area contributed by atoms with Gasteiger partial charge in [0.15, 0.2) is 6.23 Å². The van der Waals surface area contributed by atoms with E-state index in [1.54, 1.807) is 24.3 Å². The fraction of sp³-hybridized carbons (Fsp3) is 0.455. The number of nitrogens with zero attached hydrogens (tertiary/aromatic N) is 1. The molecule has 1 saturated heterocycles. The lowest BCUT2D eigenvalue weighted by atomic mass is 9.99. The van der Waals surface area contributed by atoms with Gasteiger partial charge in [-0.15, -0.1) is 0 Å². The smallest absolute Gasteiger partial charge is 0.155 e. The maximum Gasteiger partial charge on any atom is 0.155 e. The zero-order valence-corrected chi connectivity index (χ0v) is 8.64. The van der Waals surface area contributed by atoms with Crippen LogP contribution in [0.5, 0.6) is 0 Å². The van der Waals surface area contributed by atoms with Crippen molar-refractivity contribution in [3.8, 4) is 0 Å². The Bertz CT molecular complexity index is 345. The third-order valence-electron chi connectivity index (χ3n) is 2.84. The van der Waals surface area contributed by atoms with Crippen molar-refractivity contribution in [1.82, 2.24) is 0 Å². The van der Waals surface area contributed by atoms with Crippen LogP contribution in [0.25, 0.3) is 0 Å². The van der Waals surface area contributed by atoms with Crippen LogP contribution < -0.4 is 4.90 Å². The summed E-state index contributed by atoms with van der Waals surface area (Å²) in [6.45, 7) is 0.0867. The van der Waals surface area contributed by atoms with Crippen LogP contribution in [0.1, 0.15) is 0 Å². The van der Waals surface area contributed by atoms with E-state index in [-0.39, 0.29) is 6.54 Å². The highest BCUT2D eigenvalue weighted by Crippen LogP contribution is 2.23. The molecule has 0 aromatic heterocycles. The number of piperidine rings is 1. The lowest BCUT2D eigenvalue weighted by Gasteiger charge is -2.42. The lowest BCUT2D eigenvalue weighted by molar-refractivity contribution is -0.125. The van der Waals surface area contributed by atoms with Gasteiger partial charge in [0, 0.05) is 12.2 Å². The Balaban J connectivity index is 2.23. The molecule has 5 nitrogen and oxygen atoms in total. The first-order valence-electron chi connectivity index (χ1n) is 5.15. The Morgan fingerprint density at radius 2 is 1.56 bits per heavy atom. The monoisotopic (exact) mass is 225 g/mol. The standard InChI is InChI=1S/C11H15NO4/c13-8-6-12(7-4-2-1-3-5-7)11(16)10(15)9(8)14/h1-5,8-11,13-16H,6H2/t8-,9-,10+,11?/m1/s1. The molecule has 4 atom stereocenters. The first kappa shape index (κ1) is 11.3. The van der Waals surface area contributed by atoms with Gasteiger partial charge in [-0.2, -0.15) is 0 Å². The van der Waals surface area contributed by atoms with Crippen LogP contribution in [0.2, 0.25) is 0 Å². The third kappa shape index (κ3) is 1.90. The Labute approximate surface area is 93.2 Å². The molecule has 0 aliphatic carbocycles. The molecule has 0 bridgehead atoms. The number of rotatable bonds is 1. The number of aliphatic hydroxyl groups is 4. The van der Waals surface area contributed by atoms with Crippen molar-refractivity contribution in [3.05, 3.63) is 30.3 Å². The van der Waals surface area contributed by atoms with E-state index < -0.39 is 24.5 Å². The molecule has 16 heavy (non-hydrogen) atoms. The van der Waals surface area contributed by atoms with E-state index in [0.29, 0.717) is 5.69 Å². The Hall–Kier alpha value is -1.14. The second-order valence-corrected chi connectivity index (χ2v) is 3.95. The summed E-state index contributed by atoms with van der Waals surface area (Å²) in [6.07, 6.45) is -4.96. The zero-order chi connectivity index (χ0) is 11.7. The van der Waals surface area contributed by atoms with Crippen LogP contribution in [-0.2, 0) is 0 Å². The largest absolute Gasteiger partial charge is 0.388 e. The third-order valence-corrected chi connectivity index (χ3v) is 2.84. The first-order valence-corrected chi connectivity index (χ1v) is 5.15. The number of anilines is 1. The predicted octanol–water partition coefficient (Wildman–Crippen LogP) is -1.09. The normalized spacial score (nSPS) is 35.1. The number of para-hydroxylation sites is 1. The molecule has 4 N–H and O–H groups in total. The molecule has 1 aliphatic heterocycles. The Morgan fingerprint density at radius 3 is 2.19 bits per heavy atom. The molecule has 1 aromatic rings. The van der Waals surface area contributed by atoms with Crippen molar-refractivity contribution in [1.29, 1.82) is 0 Å². The highest BCUT2D eigenvalue weighted by molar-refractivity contribution is 5.47. The summed E-state index contributed by atoms with van der Waals surface area (Å²) in [5.74, 6) is 0. The fourth-order valence-electron chi connectivity index (χ4n) is 1.88. The summed E-state index contributed by atoms with van der Waals surface area (Å²) in [4.78, 5) is 1.46. The molecule has 1 heterocycles. The van der Waals surface area contributed by atoms with E-state index in [4.69, 9.17) is 0 Å². The summed E-state index contributed by atoms with van der Waals surface area (Å²) in [7, 11) is 0. The van der Waals surface area contributed by atoms with Crippen LogP contribution in [0, 0.1) is 0 Å². The molecule has 0 saturated carbocycles. The van der Waals surface area contributed by atoms with E-state index in [9.17, 15) is 20.4 Å². The van der Waals surface area contributed by atoms with Gasteiger partial charge < -0.3 is 25.3 Å². The molecular weight excluding hydrogens is 210 g/mol. The molecule has 0 amide bonds. The summed E-state index contributed by atoms with van der Waals surface area (Å²) in [5, 5.41) is 38.3. The fourth-order valence-corrected chi connectivity index (χ4v) is 1.88. The van der Waals surface area contributed by atoms with Gasteiger partial charge >= 0.3 is 0 Å². The SMILES string of the molecule is OC1[C@@H](O)[C@H](O)[C@H](O)CN1c1ccccc1. The van der Waals surface area contributed by atoms with E-state index in [2.05, 4.69) is 0 Å². The number of hydrogen-bond acceptors (Lipinski definition) is 5. The van der Waals surface area contributed by atoms with Crippen LogP contribution >= 0.6 is 0 Å². The van der Waals surface area contributed by atoms with E-state index >= 15 is 0 Å². The van der Waals surface area contributed by atoms with E-state index in [1.165, 1.54) is 4.90 Å². The van der Waals surface area contributed by atoms with E-state index in [1.807, 2.05) is 6.07 Å². The second kappa shape index (κ2) is 4.39. The summed E-state index contributed by atoms with van der Waals surface area (Å²) in [6, 6.07) is 8.96. The molecule has 5 heteroatoms. The minimum absolute atomic E-state index is 0.0867. The molecule has 0 spiro atoms. The molecule has 1 aliphatic rings. The van der Waals surface area contributed by atoms with Gasteiger partial charge in [-0.3, -0.25) is 0 Å². The van der Waals surface area contributed by atoms with Crippen LogP contribution in [0.4, 0.5) is 5.69 Å². The lowest BCUT2D eigenvalue weighted by Crippen LogP contribution is -2.61. The van der Waals surface area contributed by atoms with Gasteiger partial charge in [0.25, 0.3) is 0 Å². The quantitative estimate of drug-likeness (QED) is 0.488. The topological polar surface area (TPSA) is 84.2 Å². The molecule has 2 rings (SSSR count). The van der Waals surface area contributed by atoms with Gasteiger partial charge in [-0.1, -0.05) is 18.2 Å². The van der Waals surface area contributed by atoms with Gasteiger partial charge in [0.05, 0.1) is 0 Å². The number of β-amino-alcohol motifs (C(OH)–C–C–N with tert-alkyl or cyclic N) is 1. The second-order valence-electron chi connectivity index (χ2n) is 3.95. The van der Waals surface area contributed by atoms with Crippen LogP contribution in [0.15, 0.2) is 30.3 Å². The average Bonchev–Trinajstić information content (AvgIpc) is 2.32. The average molecular weight is 225 g/mol. The summed E-state index contributed by atoms with van der Waals surface area (Å²) in [5.41, 5.74) is 0.694. The van der Waals surface area contributed by atoms with Gasteiger partial charge in [-0.05, 0) is 12.1 Å². The molecular formula is C11H15NO4. The van der Waals surface area contributed by atoms with Gasteiger partial charge in [-0.25, -0.2) is 0 Å². The van der Waals surface area contributed by atoms with E-state index in [0.717, 1.165) is 0 Å². The van der Waals surface area contributed by atoms with Crippen molar-refractivity contribution < 1.29 is 20.4 Å². The van der Waals surface area contributed by atoms with Crippen molar-refractivity contribution in [2.24, 2.45) is 0 Å². The summed E-state index contributed by atoms with van der Waals surface area (Å²) >= 11 is 0. The van der Waals surface area contributed by atoms with Crippen LogP contribution in [-0.4, -0.2) is 51.5 Å². The predicted molar refractivity (Wildman–Crippen MR) is 57.8 cm³/mol.